The summed E-state index contributed by atoms with van der Waals surface area (Å²) >= 11 is 0. The van der Waals surface area contributed by atoms with E-state index in [-0.39, 0.29) is 6.47 Å². The molecular formula is C21H29N3O3. The van der Waals surface area contributed by atoms with E-state index in [1.54, 1.807) is 6.20 Å². The summed E-state index contributed by atoms with van der Waals surface area (Å²) in [5.74, 6) is 1.13. The third-order valence-electron chi connectivity index (χ3n) is 6.15. The van der Waals surface area contributed by atoms with Gasteiger partial charge in [0.2, 0.25) is 0 Å². The molecule has 4 rings (SSSR count). The summed E-state index contributed by atoms with van der Waals surface area (Å²) in [5, 5.41) is 17.8. The fraction of sp³-hybridized carbons (Fsp3) is 0.524. The Bertz CT molecular complexity index is 717. The Morgan fingerprint density at radius 1 is 1.30 bits per heavy atom. The van der Waals surface area contributed by atoms with Crippen molar-refractivity contribution < 1.29 is 15.0 Å². The normalized spacial score (nSPS) is 27.5. The Hall–Kier alpha value is -2.18. The SMILES string of the molecule is CC[C@@]1(O)CCC[C@@H]2CN(Cc3ccc(-n4ccnc4)cc3)C[C@@H]21.O=CO. The van der Waals surface area contributed by atoms with E-state index >= 15 is 0 Å². The molecule has 1 aliphatic carbocycles. The van der Waals surface area contributed by atoms with Crippen molar-refractivity contribution in [2.45, 2.75) is 44.8 Å². The second kappa shape index (κ2) is 8.67. The Labute approximate surface area is 160 Å². The Kier molecular flexibility index (Phi) is 6.29. The van der Waals surface area contributed by atoms with Gasteiger partial charge in [-0.15, -0.1) is 0 Å². The molecule has 6 heteroatoms. The zero-order valence-corrected chi connectivity index (χ0v) is 15.9. The van der Waals surface area contributed by atoms with E-state index in [9.17, 15) is 5.11 Å². The summed E-state index contributed by atoms with van der Waals surface area (Å²) in [6.07, 6.45) is 9.92. The van der Waals surface area contributed by atoms with Crippen LogP contribution in [0.15, 0.2) is 43.0 Å². The number of rotatable bonds is 4. The lowest BCUT2D eigenvalue weighted by Gasteiger charge is -2.40. The number of hydrogen-bond acceptors (Lipinski definition) is 4. The Morgan fingerprint density at radius 3 is 2.67 bits per heavy atom. The summed E-state index contributed by atoms with van der Waals surface area (Å²) < 4.78 is 2.02. The summed E-state index contributed by atoms with van der Waals surface area (Å²) in [4.78, 5) is 15.0. The second-order valence-electron chi connectivity index (χ2n) is 7.65. The molecule has 0 bridgehead atoms. The zero-order chi connectivity index (χ0) is 19.3. The molecule has 0 unspecified atom stereocenters. The third kappa shape index (κ3) is 4.39. The van der Waals surface area contributed by atoms with Crippen LogP contribution < -0.4 is 0 Å². The molecule has 146 valence electrons. The maximum Gasteiger partial charge on any atom is 0.290 e. The molecule has 27 heavy (non-hydrogen) atoms. The van der Waals surface area contributed by atoms with Crippen molar-refractivity contribution in [3.63, 3.8) is 0 Å². The fourth-order valence-corrected chi connectivity index (χ4v) is 4.73. The number of carbonyl (C=O) groups is 1. The number of aromatic nitrogens is 2. The van der Waals surface area contributed by atoms with Gasteiger partial charge in [0.1, 0.15) is 0 Å². The Morgan fingerprint density at radius 2 is 2.04 bits per heavy atom. The molecular weight excluding hydrogens is 342 g/mol. The summed E-state index contributed by atoms with van der Waals surface area (Å²) in [5.41, 5.74) is 2.06. The van der Waals surface area contributed by atoms with E-state index in [0.717, 1.165) is 38.2 Å². The van der Waals surface area contributed by atoms with Crippen LogP contribution in [0.5, 0.6) is 0 Å². The number of imidazole rings is 1. The molecule has 2 aromatic rings. The topological polar surface area (TPSA) is 78.6 Å². The van der Waals surface area contributed by atoms with Crippen LogP contribution in [0.1, 0.15) is 38.2 Å². The minimum Gasteiger partial charge on any atom is -0.483 e. The maximum atomic E-state index is 10.9. The van der Waals surface area contributed by atoms with Gasteiger partial charge in [0, 0.05) is 43.6 Å². The largest absolute Gasteiger partial charge is 0.483 e. The van der Waals surface area contributed by atoms with Gasteiger partial charge in [0.05, 0.1) is 11.9 Å². The van der Waals surface area contributed by atoms with Gasteiger partial charge >= 0.3 is 0 Å². The molecule has 1 saturated heterocycles. The van der Waals surface area contributed by atoms with Gasteiger partial charge in [0.25, 0.3) is 6.47 Å². The van der Waals surface area contributed by atoms with Crippen molar-refractivity contribution in [1.29, 1.82) is 0 Å². The summed E-state index contributed by atoms with van der Waals surface area (Å²) in [7, 11) is 0. The van der Waals surface area contributed by atoms with Gasteiger partial charge < -0.3 is 14.8 Å². The molecule has 2 aliphatic rings. The average Bonchev–Trinajstić information content (AvgIpc) is 3.34. The van der Waals surface area contributed by atoms with E-state index in [1.165, 1.54) is 18.4 Å². The fourth-order valence-electron chi connectivity index (χ4n) is 4.73. The van der Waals surface area contributed by atoms with Gasteiger partial charge in [-0.05, 0) is 42.9 Å². The first kappa shape index (κ1) is 19.6. The number of aliphatic hydroxyl groups is 1. The maximum absolute atomic E-state index is 10.9. The van der Waals surface area contributed by atoms with Crippen molar-refractivity contribution in [3.05, 3.63) is 48.5 Å². The highest BCUT2D eigenvalue weighted by Gasteiger charge is 2.47. The average molecular weight is 371 g/mol. The van der Waals surface area contributed by atoms with Gasteiger partial charge in [-0.3, -0.25) is 9.69 Å². The standard InChI is InChI=1S/C20H27N3O.CH2O2/c1-2-20(24)9-3-4-17-13-22(14-19(17)20)12-16-5-7-18(8-6-16)23-11-10-21-15-23;2-1-3/h5-8,10-11,15,17,19,24H,2-4,9,12-14H2,1H3;1H,(H,2,3)/t17-,19+,20-;/m1./s1. The first-order valence-corrected chi connectivity index (χ1v) is 9.69. The van der Waals surface area contributed by atoms with Crippen LogP contribution in [0.4, 0.5) is 0 Å². The lowest BCUT2D eigenvalue weighted by atomic mass is 9.69. The molecule has 1 saturated carbocycles. The molecule has 2 fully saturated rings. The lowest BCUT2D eigenvalue weighted by Crippen LogP contribution is -2.44. The predicted molar refractivity (Wildman–Crippen MR) is 104 cm³/mol. The quantitative estimate of drug-likeness (QED) is 0.808. The molecule has 3 atom stereocenters. The van der Waals surface area contributed by atoms with E-state index in [2.05, 4.69) is 41.1 Å². The summed E-state index contributed by atoms with van der Waals surface area (Å²) in [6, 6.07) is 8.73. The van der Waals surface area contributed by atoms with Crippen LogP contribution in [-0.4, -0.2) is 49.8 Å². The number of benzene rings is 1. The van der Waals surface area contributed by atoms with Crippen LogP contribution in [0.3, 0.4) is 0 Å². The number of likely N-dealkylation sites (tertiary alicyclic amines) is 1. The highest BCUT2D eigenvalue weighted by molar-refractivity contribution is 5.34. The van der Waals surface area contributed by atoms with Crippen LogP contribution >= 0.6 is 0 Å². The van der Waals surface area contributed by atoms with Crippen LogP contribution in [0, 0.1) is 11.8 Å². The molecule has 1 aromatic heterocycles. The van der Waals surface area contributed by atoms with Crippen molar-refractivity contribution in [2.24, 2.45) is 11.8 Å². The van der Waals surface area contributed by atoms with Crippen molar-refractivity contribution in [2.75, 3.05) is 13.1 Å². The van der Waals surface area contributed by atoms with Crippen LogP contribution in [-0.2, 0) is 11.3 Å². The minimum absolute atomic E-state index is 0.250. The monoisotopic (exact) mass is 371 g/mol. The van der Waals surface area contributed by atoms with Gasteiger partial charge in [0.15, 0.2) is 0 Å². The first-order valence-electron chi connectivity index (χ1n) is 9.69. The molecule has 0 amide bonds. The first-order chi connectivity index (χ1) is 13.1. The molecule has 2 N–H and O–H groups in total. The smallest absolute Gasteiger partial charge is 0.290 e. The third-order valence-corrected chi connectivity index (χ3v) is 6.15. The molecule has 0 spiro atoms. The van der Waals surface area contributed by atoms with E-state index < -0.39 is 5.60 Å². The lowest BCUT2D eigenvalue weighted by molar-refractivity contribution is -0.122. The summed E-state index contributed by atoms with van der Waals surface area (Å²) in [6.45, 7) is 5.05. The minimum atomic E-state index is -0.428. The molecule has 6 nitrogen and oxygen atoms in total. The van der Waals surface area contributed by atoms with E-state index in [0.29, 0.717) is 11.8 Å². The van der Waals surface area contributed by atoms with Crippen LogP contribution in [0.2, 0.25) is 0 Å². The van der Waals surface area contributed by atoms with Gasteiger partial charge in [-0.2, -0.15) is 0 Å². The number of hydrogen-bond donors (Lipinski definition) is 2. The highest BCUT2D eigenvalue weighted by atomic mass is 16.3. The highest BCUT2D eigenvalue weighted by Crippen LogP contribution is 2.44. The molecule has 2 heterocycles. The van der Waals surface area contributed by atoms with Crippen molar-refractivity contribution >= 4 is 6.47 Å². The molecule has 1 aromatic carbocycles. The van der Waals surface area contributed by atoms with E-state index in [1.807, 2.05) is 17.1 Å². The number of fused-ring (bicyclic) bond motifs is 1. The van der Waals surface area contributed by atoms with Gasteiger partial charge in [-0.25, -0.2) is 4.98 Å². The predicted octanol–water partition coefficient (Wildman–Crippen LogP) is 2.95. The number of carboxylic acid groups (broad SMARTS) is 1. The number of nitrogens with zero attached hydrogens (tertiary/aromatic N) is 3. The van der Waals surface area contributed by atoms with Gasteiger partial charge in [-0.1, -0.05) is 25.5 Å². The van der Waals surface area contributed by atoms with Crippen molar-refractivity contribution in [1.82, 2.24) is 14.5 Å². The second-order valence-corrected chi connectivity index (χ2v) is 7.65. The molecule has 1 aliphatic heterocycles. The molecule has 0 radical (unpaired) electrons. The van der Waals surface area contributed by atoms with Crippen molar-refractivity contribution in [3.8, 4) is 5.69 Å². The Balaban J connectivity index is 0.000000659. The van der Waals surface area contributed by atoms with E-state index in [4.69, 9.17) is 9.90 Å². The van der Waals surface area contributed by atoms with Crippen LogP contribution in [0.25, 0.3) is 5.69 Å². The zero-order valence-electron chi connectivity index (χ0n) is 15.9.